The van der Waals surface area contributed by atoms with Crippen LogP contribution >= 0.6 is 11.6 Å². The van der Waals surface area contributed by atoms with E-state index >= 15 is 0 Å². The van der Waals surface area contributed by atoms with Crippen molar-refractivity contribution in [2.75, 3.05) is 31.1 Å². The third-order valence-electron chi connectivity index (χ3n) is 7.21. The van der Waals surface area contributed by atoms with Crippen LogP contribution in [0.3, 0.4) is 0 Å². The lowest BCUT2D eigenvalue weighted by molar-refractivity contribution is -0.131. The summed E-state index contributed by atoms with van der Waals surface area (Å²) in [6.45, 7) is 4.19. The molecule has 6 rings (SSSR count). The van der Waals surface area contributed by atoms with Crippen LogP contribution in [0.1, 0.15) is 28.0 Å². The summed E-state index contributed by atoms with van der Waals surface area (Å²) in [4.78, 5) is 27.1. The van der Waals surface area contributed by atoms with Gasteiger partial charge in [0.25, 0.3) is 0 Å². The lowest BCUT2D eigenvalue weighted by atomic mass is 10.1. The maximum Gasteiger partial charge on any atom is 0.245 e. The highest BCUT2D eigenvalue weighted by Gasteiger charge is 2.29. The van der Waals surface area contributed by atoms with Crippen molar-refractivity contribution in [2.45, 2.75) is 18.7 Å². The number of hydrogen-bond donors (Lipinski definition) is 0. The molecule has 3 aromatic carbocycles. The fourth-order valence-corrected chi connectivity index (χ4v) is 5.40. The number of rotatable bonds is 6. The first-order valence-corrected chi connectivity index (χ1v) is 13.7. The number of aryl methyl sites for hydroxylation is 1. The first-order valence-electron chi connectivity index (χ1n) is 13.3. The standard InChI is InChI=1S/C31H28ClFN6O/c1-21-27-29(37-16-18-38(19-17-37)31(40)28(32)23-10-6-3-7-11-23)34-26(20-22-8-4-2-5-9-22)35-30(27)39(36-21)25-14-12-24(33)13-15-25/h2-15,28H,16-20H2,1H3/t28-/m1/s1. The second-order valence-electron chi connectivity index (χ2n) is 9.88. The molecule has 1 aliphatic heterocycles. The number of hydrogen-bond acceptors (Lipinski definition) is 5. The summed E-state index contributed by atoms with van der Waals surface area (Å²) < 4.78 is 15.4. The lowest BCUT2D eigenvalue weighted by Gasteiger charge is -2.36. The Balaban J connectivity index is 1.33. The number of piperazine rings is 1. The van der Waals surface area contributed by atoms with Crippen molar-refractivity contribution < 1.29 is 9.18 Å². The van der Waals surface area contributed by atoms with Gasteiger partial charge in [-0.15, -0.1) is 11.6 Å². The van der Waals surface area contributed by atoms with E-state index < -0.39 is 5.38 Å². The minimum atomic E-state index is -0.716. The molecule has 3 heterocycles. The Morgan fingerprint density at radius 3 is 2.23 bits per heavy atom. The van der Waals surface area contributed by atoms with Crippen LogP contribution in [0.5, 0.6) is 0 Å². The summed E-state index contributed by atoms with van der Waals surface area (Å²) in [5, 5.41) is 4.91. The van der Waals surface area contributed by atoms with Crippen molar-refractivity contribution in [2.24, 2.45) is 0 Å². The zero-order valence-corrected chi connectivity index (χ0v) is 22.8. The van der Waals surface area contributed by atoms with Crippen molar-refractivity contribution in [3.05, 3.63) is 113 Å². The molecule has 9 heteroatoms. The monoisotopic (exact) mass is 554 g/mol. The molecule has 1 saturated heterocycles. The van der Waals surface area contributed by atoms with Crippen molar-refractivity contribution in [3.63, 3.8) is 0 Å². The Labute approximate surface area is 236 Å². The molecule has 40 heavy (non-hydrogen) atoms. The average Bonchev–Trinajstić information content (AvgIpc) is 3.33. The first-order chi connectivity index (χ1) is 19.5. The van der Waals surface area contributed by atoms with Gasteiger partial charge in [0, 0.05) is 32.6 Å². The van der Waals surface area contributed by atoms with Crippen molar-refractivity contribution in [1.82, 2.24) is 24.6 Å². The van der Waals surface area contributed by atoms with Crippen molar-refractivity contribution in [1.29, 1.82) is 0 Å². The molecule has 202 valence electrons. The Morgan fingerprint density at radius 2 is 1.55 bits per heavy atom. The van der Waals surface area contributed by atoms with Gasteiger partial charge >= 0.3 is 0 Å². The van der Waals surface area contributed by atoms with Crippen LogP contribution in [0.2, 0.25) is 0 Å². The van der Waals surface area contributed by atoms with E-state index in [2.05, 4.69) is 17.0 Å². The van der Waals surface area contributed by atoms with E-state index in [9.17, 15) is 9.18 Å². The van der Waals surface area contributed by atoms with Gasteiger partial charge in [-0.3, -0.25) is 4.79 Å². The van der Waals surface area contributed by atoms with Gasteiger partial charge in [0.15, 0.2) is 5.65 Å². The van der Waals surface area contributed by atoms with Crippen LogP contribution in [0, 0.1) is 12.7 Å². The second kappa shape index (κ2) is 11.1. The molecule has 0 bridgehead atoms. The number of fused-ring (bicyclic) bond motifs is 1. The number of alkyl halides is 1. The molecule has 1 amide bonds. The van der Waals surface area contributed by atoms with Crippen LogP contribution < -0.4 is 4.90 Å². The molecule has 0 radical (unpaired) electrons. The van der Waals surface area contributed by atoms with E-state index in [-0.39, 0.29) is 11.7 Å². The van der Waals surface area contributed by atoms with Crippen LogP contribution in [0.25, 0.3) is 16.7 Å². The van der Waals surface area contributed by atoms with Crippen molar-refractivity contribution in [3.8, 4) is 5.69 Å². The molecule has 0 saturated carbocycles. The molecule has 0 aliphatic carbocycles. The number of anilines is 1. The molecule has 1 atom stereocenters. The SMILES string of the molecule is Cc1nn(-c2ccc(F)cc2)c2nc(Cc3ccccc3)nc(N3CCN(C(=O)[C@H](Cl)c4ccccc4)CC3)c12. The van der Waals surface area contributed by atoms with Gasteiger partial charge in [-0.25, -0.2) is 19.0 Å². The Kier molecular flexibility index (Phi) is 7.17. The molecular formula is C31H28ClFN6O. The molecule has 0 N–H and O–H groups in total. The van der Waals surface area contributed by atoms with E-state index in [1.807, 2.05) is 60.4 Å². The normalized spacial score (nSPS) is 14.5. The zero-order chi connectivity index (χ0) is 27.6. The first kappa shape index (κ1) is 26.0. The second-order valence-corrected chi connectivity index (χ2v) is 10.3. The topological polar surface area (TPSA) is 67.2 Å². The summed E-state index contributed by atoms with van der Waals surface area (Å²) in [7, 11) is 0. The third kappa shape index (κ3) is 5.14. The Morgan fingerprint density at radius 1 is 0.900 bits per heavy atom. The third-order valence-corrected chi connectivity index (χ3v) is 7.64. The van der Waals surface area contributed by atoms with Gasteiger partial charge in [-0.2, -0.15) is 5.10 Å². The average molecular weight is 555 g/mol. The van der Waals surface area contributed by atoms with Gasteiger partial charge in [0.05, 0.1) is 16.8 Å². The van der Waals surface area contributed by atoms with Crippen LogP contribution in [-0.4, -0.2) is 56.7 Å². The number of amides is 1. The van der Waals surface area contributed by atoms with E-state index in [1.165, 1.54) is 12.1 Å². The highest BCUT2D eigenvalue weighted by Crippen LogP contribution is 2.31. The lowest BCUT2D eigenvalue weighted by Crippen LogP contribution is -2.50. The largest absolute Gasteiger partial charge is 0.352 e. The maximum absolute atomic E-state index is 13.7. The summed E-state index contributed by atoms with van der Waals surface area (Å²) >= 11 is 6.55. The summed E-state index contributed by atoms with van der Waals surface area (Å²) in [6, 6.07) is 25.7. The summed E-state index contributed by atoms with van der Waals surface area (Å²) in [6.07, 6.45) is 0.556. The number of benzene rings is 3. The minimum Gasteiger partial charge on any atom is -0.352 e. The number of carbonyl (C=O) groups excluding carboxylic acids is 1. The molecule has 1 fully saturated rings. The fourth-order valence-electron chi connectivity index (χ4n) is 5.12. The Bertz CT molecular complexity index is 1630. The molecule has 5 aromatic rings. The molecular weight excluding hydrogens is 527 g/mol. The number of aromatic nitrogens is 4. The molecule has 7 nitrogen and oxygen atoms in total. The van der Waals surface area contributed by atoms with Crippen LogP contribution in [-0.2, 0) is 11.2 Å². The number of carbonyl (C=O) groups is 1. The predicted octanol–water partition coefficient (Wildman–Crippen LogP) is 5.48. The molecule has 0 spiro atoms. The highest BCUT2D eigenvalue weighted by atomic mass is 35.5. The smallest absolute Gasteiger partial charge is 0.245 e. The Hall–Kier alpha value is -4.30. The van der Waals surface area contributed by atoms with Crippen LogP contribution in [0.15, 0.2) is 84.9 Å². The van der Waals surface area contributed by atoms with Gasteiger partial charge in [-0.05, 0) is 42.3 Å². The molecule has 2 aromatic heterocycles. The number of nitrogens with zero attached hydrogens (tertiary/aromatic N) is 6. The number of halogens is 2. The van der Waals surface area contributed by atoms with Crippen molar-refractivity contribution >= 4 is 34.4 Å². The van der Waals surface area contributed by atoms with Crippen LogP contribution in [0.4, 0.5) is 10.2 Å². The van der Waals surface area contributed by atoms with E-state index in [4.69, 9.17) is 26.7 Å². The quantitative estimate of drug-likeness (QED) is 0.260. The van der Waals surface area contributed by atoms with Gasteiger partial charge in [0.1, 0.15) is 22.8 Å². The molecule has 0 unspecified atom stereocenters. The predicted molar refractivity (Wildman–Crippen MR) is 154 cm³/mol. The minimum absolute atomic E-state index is 0.0922. The van der Waals surface area contributed by atoms with Gasteiger partial charge < -0.3 is 9.80 Å². The highest BCUT2D eigenvalue weighted by molar-refractivity contribution is 6.30. The van der Waals surface area contributed by atoms with E-state index in [1.54, 1.807) is 16.8 Å². The van der Waals surface area contributed by atoms with Gasteiger partial charge in [-0.1, -0.05) is 60.7 Å². The fraction of sp³-hybridized carbons (Fsp3) is 0.226. The molecule has 1 aliphatic rings. The summed E-state index contributed by atoms with van der Waals surface area (Å²) in [5.41, 5.74) is 4.07. The van der Waals surface area contributed by atoms with E-state index in [0.717, 1.165) is 33.7 Å². The summed E-state index contributed by atoms with van der Waals surface area (Å²) in [5.74, 6) is 1.06. The maximum atomic E-state index is 13.7. The van der Waals surface area contributed by atoms with E-state index in [0.29, 0.717) is 44.1 Å². The zero-order valence-electron chi connectivity index (χ0n) is 22.0. The van der Waals surface area contributed by atoms with Gasteiger partial charge in [0.2, 0.25) is 5.91 Å².